The number of hydrogen-bond acceptors (Lipinski definition) is 5. The zero-order valence-electron chi connectivity index (χ0n) is 13.2. The number of aromatic nitrogens is 1. The van der Waals surface area contributed by atoms with Crippen LogP contribution in [0.3, 0.4) is 0 Å². The molecule has 3 aromatic rings. The fraction of sp³-hybridized carbons (Fsp3) is 0.0526. The van der Waals surface area contributed by atoms with Crippen molar-refractivity contribution in [3.05, 3.63) is 71.1 Å². The van der Waals surface area contributed by atoms with Gasteiger partial charge < -0.3 is 5.11 Å². The number of benzene rings is 2. The third-order valence-corrected chi connectivity index (χ3v) is 4.15. The molecule has 0 aliphatic carbocycles. The van der Waals surface area contributed by atoms with Crippen molar-refractivity contribution in [1.82, 2.24) is 4.98 Å². The van der Waals surface area contributed by atoms with Crippen LogP contribution in [0.5, 0.6) is 5.75 Å². The number of phenols is 1. The molecule has 0 saturated heterocycles. The van der Waals surface area contributed by atoms with E-state index < -0.39 is 0 Å². The van der Waals surface area contributed by atoms with E-state index in [0.29, 0.717) is 0 Å². The van der Waals surface area contributed by atoms with E-state index in [1.165, 1.54) is 11.3 Å². The number of thiazole rings is 1. The first-order valence-corrected chi connectivity index (χ1v) is 8.36. The molecule has 0 fully saturated rings. The Kier molecular flexibility index (Phi) is 5.03. The lowest BCUT2D eigenvalue weighted by Crippen LogP contribution is -1.88. The van der Waals surface area contributed by atoms with Crippen molar-refractivity contribution < 1.29 is 5.11 Å². The van der Waals surface area contributed by atoms with Gasteiger partial charge in [0.05, 0.1) is 5.69 Å². The van der Waals surface area contributed by atoms with Crippen LogP contribution < -0.4 is 5.43 Å². The lowest BCUT2D eigenvalue weighted by atomic mass is 10.1. The maximum Gasteiger partial charge on any atom is 0.203 e. The molecule has 1 aromatic heterocycles. The second kappa shape index (κ2) is 7.57. The summed E-state index contributed by atoms with van der Waals surface area (Å²) in [4.78, 5) is 4.51. The first-order valence-electron chi connectivity index (χ1n) is 7.49. The number of nitrogens with zero attached hydrogens (tertiary/aromatic N) is 2. The summed E-state index contributed by atoms with van der Waals surface area (Å²) in [5, 5.41) is 16.3. The van der Waals surface area contributed by atoms with Crippen LogP contribution in [-0.2, 0) is 0 Å². The normalized spacial score (nSPS) is 11.4. The SMILES string of the molecule is Cc1cc(O)ccc1-c1csc(N/N=C\C=C\c2ccccc2)n1. The van der Waals surface area contributed by atoms with Crippen molar-refractivity contribution in [1.29, 1.82) is 0 Å². The Labute approximate surface area is 144 Å². The van der Waals surface area contributed by atoms with Gasteiger partial charge >= 0.3 is 0 Å². The minimum absolute atomic E-state index is 0.264. The third kappa shape index (κ3) is 4.08. The summed E-state index contributed by atoms with van der Waals surface area (Å²) in [6, 6.07) is 15.3. The van der Waals surface area contributed by atoms with Gasteiger partial charge in [0.25, 0.3) is 0 Å². The molecule has 0 atom stereocenters. The molecule has 0 aliphatic rings. The molecule has 0 spiro atoms. The molecular weight excluding hydrogens is 318 g/mol. The van der Waals surface area contributed by atoms with Gasteiger partial charge in [0.2, 0.25) is 5.13 Å². The van der Waals surface area contributed by atoms with E-state index in [1.807, 2.05) is 60.9 Å². The van der Waals surface area contributed by atoms with Gasteiger partial charge in [0, 0.05) is 17.2 Å². The summed E-state index contributed by atoms with van der Waals surface area (Å²) in [6.07, 6.45) is 5.55. The number of rotatable bonds is 5. The predicted octanol–water partition coefficient (Wildman–Crippen LogP) is 4.94. The second-order valence-corrected chi connectivity index (χ2v) is 6.06. The van der Waals surface area contributed by atoms with Gasteiger partial charge in [-0.3, -0.25) is 5.43 Å². The van der Waals surface area contributed by atoms with E-state index in [2.05, 4.69) is 15.5 Å². The number of aryl methyl sites for hydroxylation is 1. The van der Waals surface area contributed by atoms with Gasteiger partial charge in [0.15, 0.2) is 0 Å². The molecule has 4 nitrogen and oxygen atoms in total. The molecule has 1 heterocycles. The number of hydrogen-bond donors (Lipinski definition) is 2. The molecular formula is C19H17N3OS. The molecule has 0 amide bonds. The van der Waals surface area contributed by atoms with Crippen molar-refractivity contribution in [3.63, 3.8) is 0 Å². The Morgan fingerprint density at radius 1 is 1.17 bits per heavy atom. The van der Waals surface area contributed by atoms with Crippen LogP contribution in [0.25, 0.3) is 17.3 Å². The van der Waals surface area contributed by atoms with Crippen LogP contribution >= 0.6 is 11.3 Å². The van der Waals surface area contributed by atoms with E-state index in [9.17, 15) is 5.11 Å². The quantitative estimate of drug-likeness (QED) is 0.513. The smallest absolute Gasteiger partial charge is 0.203 e. The molecule has 120 valence electrons. The molecule has 24 heavy (non-hydrogen) atoms. The maximum absolute atomic E-state index is 9.48. The van der Waals surface area contributed by atoms with Gasteiger partial charge in [-0.2, -0.15) is 5.10 Å². The summed E-state index contributed by atoms with van der Waals surface area (Å²) in [5.41, 5.74) is 6.92. The average molecular weight is 335 g/mol. The first kappa shape index (κ1) is 16.0. The van der Waals surface area contributed by atoms with Crippen LogP contribution in [0.1, 0.15) is 11.1 Å². The largest absolute Gasteiger partial charge is 0.508 e. The number of aromatic hydroxyl groups is 1. The van der Waals surface area contributed by atoms with Crippen molar-refractivity contribution >= 4 is 28.8 Å². The molecule has 0 bridgehead atoms. The van der Waals surface area contributed by atoms with E-state index in [0.717, 1.165) is 27.5 Å². The zero-order chi connectivity index (χ0) is 16.8. The number of allylic oxidation sites excluding steroid dienone is 1. The number of anilines is 1. The molecule has 3 rings (SSSR count). The molecule has 0 aliphatic heterocycles. The minimum Gasteiger partial charge on any atom is -0.508 e. The number of phenolic OH excluding ortho intramolecular Hbond substituents is 1. The number of hydrazone groups is 1. The van der Waals surface area contributed by atoms with Crippen LogP contribution in [0.2, 0.25) is 0 Å². The van der Waals surface area contributed by atoms with Crippen molar-refractivity contribution in [2.75, 3.05) is 5.43 Å². The van der Waals surface area contributed by atoms with E-state index in [-0.39, 0.29) is 5.75 Å². The molecule has 0 saturated carbocycles. The topological polar surface area (TPSA) is 57.5 Å². The van der Waals surface area contributed by atoms with Crippen LogP contribution in [-0.4, -0.2) is 16.3 Å². The highest BCUT2D eigenvalue weighted by atomic mass is 32.1. The summed E-state index contributed by atoms with van der Waals surface area (Å²) in [5.74, 6) is 0.264. The highest BCUT2D eigenvalue weighted by Gasteiger charge is 2.07. The second-order valence-electron chi connectivity index (χ2n) is 5.20. The lowest BCUT2D eigenvalue weighted by molar-refractivity contribution is 0.475. The predicted molar refractivity (Wildman–Crippen MR) is 102 cm³/mol. The van der Waals surface area contributed by atoms with Gasteiger partial charge in [-0.15, -0.1) is 11.3 Å². The zero-order valence-corrected chi connectivity index (χ0v) is 14.0. The van der Waals surface area contributed by atoms with E-state index in [1.54, 1.807) is 18.3 Å². The fourth-order valence-electron chi connectivity index (χ4n) is 2.24. The van der Waals surface area contributed by atoms with Gasteiger partial charge in [-0.25, -0.2) is 4.98 Å². The Hall–Kier alpha value is -2.92. The molecule has 5 heteroatoms. The lowest BCUT2D eigenvalue weighted by Gasteiger charge is -2.02. The van der Waals surface area contributed by atoms with Gasteiger partial charge in [0.1, 0.15) is 5.75 Å². The Bertz CT molecular complexity index is 869. The fourth-order valence-corrected chi connectivity index (χ4v) is 2.90. The van der Waals surface area contributed by atoms with Crippen molar-refractivity contribution in [3.8, 4) is 17.0 Å². The minimum atomic E-state index is 0.264. The summed E-state index contributed by atoms with van der Waals surface area (Å²) < 4.78 is 0. The Morgan fingerprint density at radius 2 is 2.00 bits per heavy atom. The van der Waals surface area contributed by atoms with Crippen LogP contribution in [0.4, 0.5) is 5.13 Å². The molecule has 0 radical (unpaired) electrons. The monoisotopic (exact) mass is 335 g/mol. The highest BCUT2D eigenvalue weighted by Crippen LogP contribution is 2.29. The van der Waals surface area contributed by atoms with Crippen LogP contribution in [0, 0.1) is 6.92 Å². The van der Waals surface area contributed by atoms with Crippen molar-refractivity contribution in [2.24, 2.45) is 5.10 Å². The maximum atomic E-state index is 9.48. The molecule has 2 aromatic carbocycles. The molecule has 0 unspecified atom stereocenters. The Balaban J connectivity index is 1.62. The summed E-state index contributed by atoms with van der Waals surface area (Å²) in [7, 11) is 0. The molecule has 2 N–H and O–H groups in total. The average Bonchev–Trinajstić information content (AvgIpc) is 3.04. The van der Waals surface area contributed by atoms with Crippen molar-refractivity contribution in [2.45, 2.75) is 6.92 Å². The van der Waals surface area contributed by atoms with Crippen LogP contribution in [0.15, 0.2) is 65.1 Å². The third-order valence-electron chi connectivity index (χ3n) is 3.40. The highest BCUT2D eigenvalue weighted by molar-refractivity contribution is 7.14. The van der Waals surface area contributed by atoms with E-state index >= 15 is 0 Å². The summed E-state index contributed by atoms with van der Waals surface area (Å²) in [6.45, 7) is 1.95. The number of nitrogens with one attached hydrogen (secondary N) is 1. The standard InChI is InChI=1S/C19H17N3OS/c1-14-12-16(23)9-10-17(14)18-13-24-19(21-18)22-20-11-5-8-15-6-3-2-4-7-15/h2-13,23H,1H3,(H,21,22)/b8-5+,20-11-. The van der Waals surface area contributed by atoms with Gasteiger partial charge in [-0.1, -0.05) is 36.4 Å². The Morgan fingerprint density at radius 3 is 2.79 bits per heavy atom. The summed E-state index contributed by atoms with van der Waals surface area (Å²) >= 11 is 1.49. The van der Waals surface area contributed by atoms with E-state index in [4.69, 9.17) is 0 Å². The van der Waals surface area contributed by atoms with Gasteiger partial charge in [-0.05, 0) is 42.3 Å². The first-order chi connectivity index (χ1) is 11.7.